The minimum Gasteiger partial charge on any atom is -0.308 e. The summed E-state index contributed by atoms with van der Waals surface area (Å²) in [7, 11) is -4.80. The lowest BCUT2D eigenvalue weighted by molar-refractivity contribution is 0.183. The molecule has 2 heterocycles. The summed E-state index contributed by atoms with van der Waals surface area (Å²) in [6.45, 7) is 0. The number of aromatic amines is 2. The Morgan fingerprint density at radius 3 is 2.69 bits per heavy atom. The highest BCUT2D eigenvalue weighted by Gasteiger charge is 2.19. The number of hydrogen-bond donors (Lipinski definition) is 4. The molecule has 0 unspecified atom stereocenters. The molecule has 0 aliphatic heterocycles. The van der Waals surface area contributed by atoms with Crippen LogP contribution in [0, 0.1) is 0 Å². The van der Waals surface area contributed by atoms with Gasteiger partial charge in [0, 0.05) is 0 Å². The minimum absolute atomic E-state index is 0.201. The highest BCUT2D eigenvalue weighted by molar-refractivity contribution is 7.46. The number of nitrogens with zero attached hydrogens (tertiary/aromatic N) is 2. The molecular formula is C5H5N4O6P. The van der Waals surface area contributed by atoms with Crippen molar-refractivity contribution in [2.75, 3.05) is 0 Å². The summed E-state index contributed by atoms with van der Waals surface area (Å²) in [6, 6.07) is 0. The molecule has 0 aromatic carbocycles. The maximum Gasteiger partial charge on any atom is 0.543 e. The largest absolute Gasteiger partial charge is 0.543 e. The van der Waals surface area contributed by atoms with E-state index < -0.39 is 19.1 Å². The van der Waals surface area contributed by atoms with Crippen LogP contribution in [-0.2, 0) is 4.57 Å². The van der Waals surface area contributed by atoms with Crippen molar-refractivity contribution in [3.05, 3.63) is 27.2 Å². The zero-order valence-corrected chi connectivity index (χ0v) is 8.34. The van der Waals surface area contributed by atoms with E-state index in [1.54, 1.807) is 0 Å². The van der Waals surface area contributed by atoms with E-state index in [4.69, 9.17) is 9.79 Å². The Balaban J connectivity index is 2.70. The second-order valence-corrected chi connectivity index (χ2v) is 3.89. The van der Waals surface area contributed by atoms with Crippen LogP contribution < -0.4 is 15.9 Å². The maximum absolute atomic E-state index is 11.2. The lowest BCUT2D eigenvalue weighted by Crippen LogP contribution is -2.23. The molecule has 0 fully saturated rings. The van der Waals surface area contributed by atoms with Crippen LogP contribution in [0.2, 0.25) is 0 Å². The topological polar surface area (TPSA) is 150 Å². The predicted molar refractivity (Wildman–Crippen MR) is 49.6 cm³/mol. The number of fused-ring (bicyclic) bond motifs is 1. The van der Waals surface area contributed by atoms with Gasteiger partial charge in [0.15, 0.2) is 11.2 Å². The number of aromatic nitrogens is 4. The number of hydrogen-bond acceptors (Lipinski definition) is 5. The molecule has 16 heavy (non-hydrogen) atoms. The van der Waals surface area contributed by atoms with Gasteiger partial charge in [0.05, 0.1) is 0 Å². The van der Waals surface area contributed by atoms with Gasteiger partial charge in [0.2, 0.25) is 0 Å². The molecule has 0 saturated carbocycles. The quantitative estimate of drug-likeness (QED) is 0.446. The molecule has 2 rings (SSSR count). The van der Waals surface area contributed by atoms with Crippen molar-refractivity contribution < 1.29 is 19.0 Å². The molecular weight excluding hydrogens is 243 g/mol. The van der Waals surface area contributed by atoms with Crippen LogP contribution in [-0.4, -0.2) is 29.5 Å². The third-order valence-electron chi connectivity index (χ3n) is 1.60. The van der Waals surface area contributed by atoms with Crippen molar-refractivity contribution in [2.24, 2.45) is 0 Å². The average molecular weight is 248 g/mol. The molecule has 2 aromatic heterocycles. The molecule has 0 spiro atoms. The summed E-state index contributed by atoms with van der Waals surface area (Å²) in [5.74, 6) is 0. The van der Waals surface area contributed by atoms with E-state index in [0.29, 0.717) is 4.73 Å². The molecule has 0 radical (unpaired) electrons. The van der Waals surface area contributed by atoms with Gasteiger partial charge < -0.3 is 4.62 Å². The first-order chi connectivity index (χ1) is 7.37. The lowest BCUT2D eigenvalue weighted by atomic mass is 10.5. The summed E-state index contributed by atoms with van der Waals surface area (Å²) in [4.78, 5) is 46.7. The lowest BCUT2D eigenvalue weighted by Gasteiger charge is -2.05. The second-order valence-electron chi connectivity index (χ2n) is 2.75. The molecule has 10 nitrogen and oxygen atoms in total. The van der Waals surface area contributed by atoms with Crippen molar-refractivity contribution in [1.82, 2.24) is 19.7 Å². The van der Waals surface area contributed by atoms with Crippen molar-refractivity contribution >= 4 is 19.0 Å². The fourth-order valence-corrected chi connectivity index (χ4v) is 1.44. The molecule has 11 heteroatoms. The molecule has 0 bridgehead atoms. The zero-order chi connectivity index (χ0) is 11.9. The van der Waals surface area contributed by atoms with Gasteiger partial charge in [-0.1, -0.05) is 0 Å². The smallest absolute Gasteiger partial charge is 0.308 e. The summed E-state index contributed by atoms with van der Waals surface area (Å²) in [6.07, 6.45) is 0.856. The Morgan fingerprint density at radius 1 is 1.38 bits per heavy atom. The van der Waals surface area contributed by atoms with E-state index in [2.05, 4.69) is 14.6 Å². The summed E-state index contributed by atoms with van der Waals surface area (Å²) in [5.41, 5.74) is -2.06. The van der Waals surface area contributed by atoms with E-state index in [0.717, 1.165) is 6.33 Å². The van der Waals surface area contributed by atoms with Crippen LogP contribution in [0.3, 0.4) is 0 Å². The number of H-pyrrole nitrogens is 2. The monoisotopic (exact) mass is 248 g/mol. The molecule has 86 valence electrons. The molecule has 0 amide bonds. The minimum atomic E-state index is -4.80. The van der Waals surface area contributed by atoms with Crippen LogP contribution in [0.1, 0.15) is 0 Å². The number of nitrogens with one attached hydrogen (secondary N) is 2. The molecule has 0 saturated heterocycles. The van der Waals surface area contributed by atoms with E-state index in [1.165, 1.54) is 0 Å². The van der Waals surface area contributed by atoms with Gasteiger partial charge in [-0.05, 0) is 0 Å². The van der Waals surface area contributed by atoms with Gasteiger partial charge >= 0.3 is 13.5 Å². The molecule has 0 aliphatic carbocycles. The molecule has 4 N–H and O–H groups in total. The first-order valence-electron chi connectivity index (χ1n) is 3.82. The first-order valence-corrected chi connectivity index (χ1v) is 5.35. The standard InChI is InChI=1S/C5H5N4O6P/c10-4-2-3(7-5(11)8-4)9(1-6-2)15-16(12,13)14/h1H,(H2,12,13,14)(H2,7,8,10,11). The van der Waals surface area contributed by atoms with Crippen molar-refractivity contribution in [1.29, 1.82) is 0 Å². The summed E-state index contributed by atoms with van der Waals surface area (Å²) in [5, 5.41) is 0. The van der Waals surface area contributed by atoms with Crippen LogP contribution in [0.4, 0.5) is 0 Å². The summed E-state index contributed by atoms with van der Waals surface area (Å²) >= 11 is 0. The van der Waals surface area contributed by atoms with Crippen LogP contribution in [0.15, 0.2) is 15.9 Å². The molecule has 0 aliphatic rings. The SMILES string of the molecule is O=c1[nH]c(=O)c2ncn(OP(=O)(O)O)c2[nH]1. The summed E-state index contributed by atoms with van der Waals surface area (Å²) < 4.78 is 15.2. The average Bonchev–Trinajstić information content (AvgIpc) is 2.46. The van der Waals surface area contributed by atoms with Gasteiger partial charge in [0.25, 0.3) is 5.56 Å². The second kappa shape index (κ2) is 3.30. The van der Waals surface area contributed by atoms with Crippen molar-refractivity contribution in [3.63, 3.8) is 0 Å². The van der Waals surface area contributed by atoms with Gasteiger partial charge in [0.1, 0.15) is 6.33 Å². The normalized spacial score (nSPS) is 11.9. The van der Waals surface area contributed by atoms with Crippen molar-refractivity contribution in [2.45, 2.75) is 0 Å². The van der Waals surface area contributed by atoms with E-state index in [9.17, 15) is 14.2 Å². The Bertz CT molecular complexity index is 691. The number of imidazole rings is 1. The van der Waals surface area contributed by atoms with Gasteiger partial charge in [-0.2, -0.15) is 0 Å². The third-order valence-corrected chi connectivity index (χ3v) is 1.99. The zero-order valence-electron chi connectivity index (χ0n) is 7.45. The Hall–Kier alpha value is -1.90. The Labute approximate surface area is 85.7 Å². The van der Waals surface area contributed by atoms with Crippen LogP contribution in [0.25, 0.3) is 11.2 Å². The fourth-order valence-electron chi connectivity index (χ4n) is 1.09. The number of rotatable bonds is 2. The van der Waals surface area contributed by atoms with E-state index in [1.807, 2.05) is 4.98 Å². The molecule has 0 atom stereocenters. The van der Waals surface area contributed by atoms with Crippen molar-refractivity contribution in [3.8, 4) is 0 Å². The number of phosphoric acid groups is 1. The van der Waals surface area contributed by atoms with Gasteiger partial charge in [-0.15, -0.1) is 4.73 Å². The van der Waals surface area contributed by atoms with Crippen LogP contribution >= 0.6 is 7.82 Å². The Kier molecular flexibility index (Phi) is 2.19. The maximum atomic E-state index is 11.2. The van der Waals surface area contributed by atoms with E-state index in [-0.39, 0.29) is 11.2 Å². The first kappa shape index (κ1) is 10.6. The van der Waals surface area contributed by atoms with E-state index >= 15 is 0 Å². The third kappa shape index (κ3) is 1.89. The molecule has 2 aromatic rings. The fraction of sp³-hybridized carbons (Fsp3) is 0. The van der Waals surface area contributed by atoms with Gasteiger partial charge in [-0.25, -0.2) is 14.3 Å². The Morgan fingerprint density at radius 2 is 2.06 bits per heavy atom. The highest BCUT2D eigenvalue weighted by Crippen LogP contribution is 2.31. The highest BCUT2D eigenvalue weighted by atomic mass is 31.2. The van der Waals surface area contributed by atoms with Crippen LogP contribution in [0.5, 0.6) is 0 Å². The predicted octanol–water partition coefficient (Wildman–Crippen LogP) is -2.07. The van der Waals surface area contributed by atoms with Gasteiger partial charge in [-0.3, -0.25) is 24.5 Å².